The molecule has 0 bridgehead atoms. The monoisotopic (exact) mass is 400 g/mol. The number of likely N-dealkylation sites (N-methyl/N-ethyl adjacent to an activating group) is 1. The summed E-state index contributed by atoms with van der Waals surface area (Å²) >= 11 is 0. The SMILES string of the molecule is CNC(=O)CN1CN(CC2(O)CCC2)C2(CCC(NC)(c3ccccc3)CC2)C1. The maximum absolute atomic E-state index is 12.0. The van der Waals surface area contributed by atoms with Crippen molar-refractivity contribution in [3.8, 4) is 0 Å². The van der Waals surface area contributed by atoms with E-state index in [0.717, 1.165) is 64.7 Å². The van der Waals surface area contributed by atoms with Gasteiger partial charge in [0.05, 0.1) is 18.8 Å². The van der Waals surface area contributed by atoms with Crippen LogP contribution in [-0.4, -0.2) is 72.4 Å². The Labute approximate surface area is 174 Å². The molecular formula is C23H36N4O2. The van der Waals surface area contributed by atoms with Crippen LogP contribution >= 0.6 is 0 Å². The van der Waals surface area contributed by atoms with Crippen molar-refractivity contribution in [2.45, 2.75) is 61.6 Å². The molecule has 3 N–H and O–H groups in total. The molecule has 0 aromatic heterocycles. The molecule has 1 amide bonds. The molecule has 1 heterocycles. The summed E-state index contributed by atoms with van der Waals surface area (Å²) in [5.74, 6) is 0.0639. The van der Waals surface area contributed by atoms with E-state index in [0.29, 0.717) is 6.54 Å². The van der Waals surface area contributed by atoms with Crippen LogP contribution in [0.1, 0.15) is 50.5 Å². The number of carbonyl (C=O) groups excluding carboxylic acids is 1. The van der Waals surface area contributed by atoms with E-state index in [9.17, 15) is 9.90 Å². The maximum Gasteiger partial charge on any atom is 0.233 e. The third-order valence-electron chi connectivity index (χ3n) is 7.81. The van der Waals surface area contributed by atoms with Gasteiger partial charge in [0.1, 0.15) is 0 Å². The highest BCUT2D eigenvalue weighted by molar-refractivity contribution is 5.77. The Bertz CT molecular complexity index is 711. The summed E-state index contributed by atoms with van der Waals surface area (Å²) in [7, 11) is 3.77. The first-order valence-electron chi connectivity index (χ1n) is 11.1. The number of β-amino-alcohol motifs (C(OH)–C–C–N with tert-alkyl or cyclic N) is 1. The predicted molar refractivity (Wildman–Crippen MR) is 114 cm³/mol. The third-order valence-corrected chi connectivity index (χ3v) is 7.81. The zero-order valence-corrected chi connectivity index (χ0v) is 17.9. The molecule has 160 valence electrons. The van der Waals surface area contributed by atoms with Crippen molar-refractivity contribution in [3.63, 3.8) is 0 Å². The second kappa shape index (κ2) is 7.99. The first-order chi connectivity index (χ1) is 13.9. The molecule has 6 nitrogen and oxygen atoms in total. The van der Waals surface area contributed by atoms with Gasteiger partial charge in [0.25, 0.3) is 0 Å². The Morgan fingerprint density at radius 1 is 1.07 bits per heavy atom. The molecular weight excluding hydrogens is 364 g/mol. The van der Waals surface area contributed by atoms with Crippen molar-refractivity contribution >= 4 is 5.91 Å². The number of hydrogen-bond donors (Lipinski definition) is 3. The highest BCUT2D eigenvalue weighted by Gasteiger charge is 2.52. The molecule has 2 aliphatic carbocycles. The van der Waals surface area contributed by atoms with E-state index in [1.165, 1.54) is 5.56 Å². The van der Waals surface area contributed by atoms with Gasteiger partial charge < -0.3 is 15.7 Å². The first kappa shape index (κ1) is 20.8. The fraction of sp³-hybridized carbons (Fsp3) is 0.696. The van der Waals surface area contributed by atoms with Crippen molar-refractivity contribution in [1.29, 1.82) is 0 Å². The first-order valence-corrected chi connectivity index (χ1v) is 11.1. The number of benzene rings is 1. The summed E-state index contributed by atoms with van der Waals surface area (Å²) < 4.78 is 0. The van der Waals surface area contributed by atoms with Gasteiger partial charge in [0, 0.05) is 31.2 Å². The predicted octanol–water partition coefficient (Wildman–Crippen LogP) is 1.65. The number of rotatable bonds is 6. The van der Waals surface area contributed by atoms with Crippen molar-refractivity contribution in [2.24, 2.45) is 0 Å². The van der Waals surface area contributed by atoms with E-state index in [4.69, 9.17) is 0 Å². The molecule has 1 saturated heterocycles. The molecule has 2 saturated carbocycles. The number of carbonyl (C=O) groups is 1. The quantitative estimate of drug-likeness (QED) is 0.678. The number of nitrogens with zero attached hydrogens (tertiary/aromatic N) is 2. The van der Waals surface area contributed by atoms with Crippen LogP contribution in [0.3, 0.4) is 0 Å². The fourth-order valence-electron chi connectivity index (χ4n) is 5.72. The normalized spacial score (nSPS) is 32.2. The molecule has 29 heavy (non-hydrogen) atoms. The lowest BCUT2D eigenvalue weighted by Gasteiger charge is -2.51. The fourth-order valence-corrected chi connectivity index (χ4v) is 5.72. The Balaban J connectivity index is 1.53. The second-order valence-electron chi connectivity index (χ2n) is 9.50. The highest BCUT2D eigenvalue weighted by atomic mass is 16.3. The van der Waals surface area contributed by atoms with Crippen LogP contribution in [0, 0.1) is 0 Å². The van der Waals surface area contributed by atoms with Crippen molar-refractivity contribution in [3.05, 3.63) is 35.9 Å². The lowest BCUT2D eigenvalue weighted by Crippen LogP contribution is -2.58. The number of nitrogens with one attached hydrogen (secondary N) is 2. The molecule has 3 aliphatic rings. The molecule has 3 fully saturated rings. The van der Waals surface area contributed by atoms with Gasteiger partial charge in [-0.15, -0.1) is 0 Å². The lowest BCUT2D eigenvalue weighted by atomic mass is 9.68. The van der Waals surface area contributed by atoms with Gasteiger partial charge in [0.2, 0.25) is 5.91 Å². The van der Waals surface area contributed by atoms with Gasteiger partial charge in [-0.1, -0.05) is 30.3 Å². The van der Waals surface area contributed by atoms with Crippen LogP contribution in [-0.2, 0) is 10.3 Å². The van der Waals surface area contributed by atoms with Gasteiger partial charge in [-0.3, -0.25) is 14.6 Å². The van der Waals surface area contributed by atoms with E-state index in [-0.39, 0.29) is 17.0 Å². The van der Waals surface area contributed by atoms with E-state index < -0.39 is 5.60 Å². The average molecular weight is 401 g/mol. The molecule has 0 radical (unpaired) electrons. The van der Waals surface area contributed by atoms with Gasteiger partial charge in [0.15, 0.2) is 0 Å². The molecule has 4 rings (SSSR count). The average Bonchev–Trinajstić information content (AvgIpc) is 3.04. The van der Waals surface area contributed by atoms with Crippen molar-refractivity contribution in [2.75, 3.05) is 40.4 Å². The van der Waals surface area contributed by atoms with Gasteiger partial charge in [-0.05, 0) is 57.6 Å². The third kappa shape index (κ3) is 3.96. The summed E-state index contributed by atoms with van der Waals surface area (Å²) in [4.78, 5) is 16.8. The molecule has 1 aromatic rings. The Kier molecular flexibility index (Phi) is 5.73. The van der Waals surface area contributed by atoms with Crippen LogP contribution in [0.4, 0.5) is 0 Å². The van der Waals surface area contributed by atoms with E-state index in [2.05, 4.69) is 57.8 Å². The molecule has 1 spiro atoms. The minimum absolute atomic E-state index is 0.0137. The Morgan fingerprint density at radius 2 is 1.76 bits per heavy atom. The Morgan fingerprint density at radius 3 is 2.31 bits per heavy atom. The maximum atomic E-state index is 12.0. The van der Waals surface area contributed by atoms with Crippen LogP contribution in [0.2, 0.25) is 0 Å². The molecule has 1 aliphatic heterocycles. The molecule has 0 atom stereocenters. The van der Waals surface area contributed by atoms with Gasteiger partial charge in [-0.2, -0.15) is 0 Å². The zero-order valence-electron chi connectivity index (χ0n) is 17.9. The van der Waals surface area contributed by atoms with Gasteiger partial charge in [-0.25, -0.2) is 0 Å². The molecule has 1 aromatic carbocycles. The summed E-state index contributed by atoms with van der Waals surface area (Å²) in [5.41, 5.74) is 0.892. The van der Waals surface area contributed by atoms with Gasteiger partial charge >= 0.3 is 0 Å². The molecule has 0 unspecified atom stereocenters. The number of aliphatic hydroxyl groups is 1. The summed E-state index contributed by atoms with van der Waals surface area (Å²) in [6.07, 6.45) is 7.20. The highest BCUT2D eigenvalue weighted by Crippen LogP contribution is 2.47. The second-order valence-corrected chi connectivity index (χ2v) is 9.50. The van der Waals surface area contributed by atoms with Crippen LogP contribution < -0.4 is 10.6 Å². The van der Waals surface area contributed by atoms with E-state index >= 15 is 0 Å². The van der Waals surface area contributed by atoms with Crippen LogP contribution in [0.5, 0.6) is 0 Å². The lowest BCUT2D eigenvalue weighted by molar-refractivity contribution is -0.121. The minimum atomic E-state index is -0.535. The molecule has 6 heteroatoms. The number of amides is 1. The number of hydrogen-bond acceptors (Lipinski definition) is 5. The van der Waals surface area contributed by atoms with Crippen LogP contribution in [0.15, 0.2) is 30.3 Å². The minimum Gasteiger partial charge on any atom is -0.389 e. The largest absolute Gasteiger partial charge is 0.389 e. The van der Waals surface area contributed by atoms with E-state index in [1.54, 1.807) is 7.05 Å². The van der Waals surface area contributed by atoms with Crippen LogP contribution in [0.25, 0.3) is 0 Å². The summed E-state index contributed by atoms with van der Waals surface area (Å²) in [5, 5.41) is 17.3. The summed E-state index contributed by atoms with van der Waals surface area (Å²) in [6.45, 7) is 2.84. The van der Waals surface area contributed by atoms with Crippen molar-refractivity contribution < 1.29 is 9.90 Å². The zero-order chi connectivity index (χ0) is 20.5. The standard InChI is InChI=1S/C23H36N4O2/c1-24-20(28)15-26-16-21(27(18-26)17-22(29)9-6-10-22)11-13-23(25-2,14-12-21)19-7-4-3-5-8-19/h3-5,7-8,25,29H,6,9-18H2,1-2H3,(H,24,28). The van der Waals surface area contributed by atoms with Crippen molar-refractivity contribution in [1.82, 2.24) is 20.4 Å². The Hall–Kier alpha value is -1.47. The smallest absolute Gasteiger partial charge is 0.233 e. The topological polar surface area (TPSA) is 67.8 Å². The van der Waals surface area contributed by atoms with E-state index in [1.807, 2.05) is 0 Å². The summed E-state index contributed by atoms with van der Waals surface area (Å²) in [6, 6.07) is 10.8.